The molecule has 0 saturated carbocycles. The summed E-state index contributed by atoms with van der Waals surface area (Å²) in [5.74, 6) is -0.0705. The van der Waals surface area contributed by atoms with Gasteiger partial charge in [-0.05, 0) is 7.05 Å². The Labute approximate surface area is 101 Å². The van der Waals surface area contributed by atoms with Crippen LogP contribution >= 0.6 is 0 Å². The highest BCUT2D eigenvalue weighted by atomic mass is 16.2. The van der Waals surface area contributed by atoms with E-state index in [1.807, 2.05) is 25.2 Å². The van der Waals surface area contributed by atoms with Crippen molar-refractivity contribution in [2.75, 3.05) is 20.1 Å². The highest BCUT2D eigenvalue weighted by Gasteiger charge is 2.08. The van der Waals surface area contributed by atoms with Gasteiger partial charge in [-0.3, -0.25) is 9.59 Å². The molecule has 0 bridgehead atoms. The SMILES string of the molecule is CNCCNC(=O)CCC(=O)c1ccccc1. The summed E-state index contributed by atoms with van der Waals surface area (Å²) in [6, 6.07) is 9.03. The van der Waals surface area contributed by atoms with Gasteiger partial charge in [0.05, 0.1) is 0 Å². The first-order valence-corrected chi connectivity index (χ1v) is 5.73. The van der Waals surface area contributed by atoms with Crippen molar-refractivity contribution in [3.05, 3.63) is 35.9 Å². The predicted molar refractivity (Wildman–Crippen MR) is 66.9 cm³/mol. The number of hydrogen-bond donors (Lipinski definition) is 2. The van der Waals surface area contributed by atoms with Gasteiger partial charge < -0.3 is 10.6 Å². The molecule has 0 saturated heterocycles. The number of benzene rings is 1. The van der Waals surface area contributed by atoms with E-state index in [0.29, 0.717) is 12.1 Å². The van der Waals surface area contributed by atoms with E-state index in [9.17, 15) is 9.59 Å². The van der Waals surface area contributed by atoms with E-state index in [1.54, 1.807) is 12.1 Å². The van der Waals surface area contributed by atoms with Crippen molar-refractivity contribution < 1.29 is 9.59 Å². The van der Waals surface area contributed by atoms with E-state index in [-0.39, 0.29) is 24.5 Å². The third-order valence-electron chi connectivity index (χ3n) is 2.37. The minimum absolute atomic E-state index is 0.00867. The smallest absolute Gasteiger partial charge is 0.220 e. The zero-order valence-corrected chi connectivity index (χ0v) is 10.0. The number of ketones is 1. The average Bonchev–Trinajstić information content (AvgIpc) is 2.37. The molecule has 0 aromatic heterocycles. The lowest BCUT2D eigenvalue weighted by atomic mass is 10.1. The van der Waals surface area contributed by atoms with Crippen LogP contribution in [0.2, 0.25) is 0 Å². The van der Waals surface area contributed by atoms with Gasteiger partial charge in [-0.25, -0.2) is 0 Å². The van der Waals surface area contributed by atoms with Crippen LogP contribution in [0.15, 0.2) is 30.3 Å². The molecule has 0 atom stereocenters. The first-order chi connectivity index (χ1) is 8.24. The number of Topliss-reactive ketones (excluding diaryl/α,β-unsaturated/α-hetero) is 1. The highest BCUT2D eigenvalue weighted by molar-refractivity contribution is 5.97. The van der Waals surface area contributed by atoms with Crippen molar-refractivity contribution in [1.82, 2.24) is 10.6 Å². The van der Waals surface area contributed by atoms with Crippen molar-refractivity contribution >= 4 is 11.7 Å². The minimum Gasteiger partial charge on any atom is -0.355 e. The van der Waals surface area contributed by atoms with Crippen molar-refractivity contribution in [2.24, 2.45) is 0 Å². The molecular weight excluding hydrogens is 216 g/mol. The molecule has 0 heterocycles. The van der Waals surface area contributed by atoms with Gasteiger partial charge in [-0.15, -0.1) is 0 Å². The predicted octanol–water partition coefficient (Wildman–Crippen LogP) is 0.985. The van der Waals surface area contributed by atoms with Crippen LogP contribution in [0, 0.1) is 0 Å². The molecular formula is C13H18N2O2. The largest absolute Gasteiger partial charge is 0.355 e. The zero-order valence-electron chi connectivity index (χ0n) is 10.0. The van der Waals surface area contributed by atoms with Gasteiger partial charge in [0.15, 0.2) is 5.78 Å². The lowest BCUT2D eigenvalue weighted by molar-refractivity contribution is -0.121. The maximum Gasteiger partial charge on any atom is 0.220 e. The van der Waals surface area contributed by atoms with E-state index in [0.717, 1.165) is 6.54 Å². The molecule has 4 nitrogen and oxygen atoms in total. The Balaban J connectivity index is 2.26. The summed E-state index contributed by atoms with van der Waals surface area (Å²) in [5.41, 5.74) is 0.663. The van der Waals surface area contributed by atoms with Crippen LogP contribution < -0.4 is 10.6 Å². The molecule has 0 spiro atoms. The van der Waals surface area contributed by atoms with E-state index in [1.165, 1.54) is 0 Å². The third kappa shape index (κ3) is 5.26. The quantitative estimate of drug-likeness (QED) is 0.546. The Morgan fingerprint density at radius 2 is 1.76 bits per heavy atom. The lowest BCUT2D eigenvalue weighted by Crippen LogP contribution is -2.30. The summed E-state index contributed by atoms with van der Waals surface area (Å²) in [4.78, 5) is 23.0. The molecule has 1 rings (SSSR count). The number of nitrogens with one attached hydrogen (secondary N) is 2. The minimum atomic E-state index is -0.0791. The first-order valence-electron chi connectivity index (χ1n) is 5.73. The van der Waals surface area contributed by atoms with Crippen LogP contribution in [-0.4, -0.2) is 31.8 Å². The van der Waals surface area contributed by atoms with Crippen molar-refractivity contribution in [1.29, 1.82) is 0 Å². The van der Waals surface area contributed by atoms with E-state index in [2.05, 4.69) is 10.6 Å². The fourth-order valence-electron chi connectivity index (χ4n) is 1.41. The van der Waals surface area contributed by atoms with Crippen LogP contribution in [0.4, 0.5) is 0 Å². The van der Waals surface area contributed by atoms with Crippen LogP contribution in [0.5, 0.6) is 0 Å². The maximum absolute atomic E-state index is 11.7. The molecule has 17 heavy (non-hydrogen) atoms. The number of rotatable bonds is 7. The van der Waals surface area contributed by atoms with Crippen LogP contribution in [0.3, 0.4) is 0 Å². The number of hydrogen-bond acceptors (Lipinski definition) is 3. The summed E-state index contributed by atoms with van der Waals surface area (Å²) >= 11 is 0. The lowest BCUT2D eigenvalue weighted by Gasteiger charge is -2.04. The molecule has 1 aromatic carbocycles. The van der Waals surface area contributed by atoms with E-state index >= 15 is 0 Å². The van der Waals surface area contributed by atoms with Crippen LogP contribution in [0.1, 0.15) is 23.2 Å². The van der Waals surface area contributed by atoms with Gasteiger partial charge in [0.1, 0.15) is 0 Å². The number of carbonyl (C=O) groups is 2. The van der Waals surface area contributed by atoms with Crippen molar-refractivity contribution in [3.63, 3.8) is 0 Å². The Kier molecular flexibility index (Phi) is 5.96. The van der Waals surface area contributed by atoms with Gasteiger partial charge in [-0.2, -0.15) is 0 Å². The van der Waals surface area contributed by atoms with E-state index in [4.69, 9.17) is 0 Å². The summed E-state index contributed by atoms with van der Waals surface area (Å²) in [7, 11) is 1.82. The normalized spacial score (nSPS) is 9.94. The monoisotopic (exact) mass is 234 g/mol. The Bertz CT molecular complexity index is 363. The second-order valence-electron chi connectivity index (χ2n) is 3.74. The molecule has 0 unspecified atom stereocenters. The summed E-state index contributed by atoms with van der Waals surface area (Å²) in [6.45, 7) is 1.33. The second kappa shape index (κ2) is 7.57. The second-order valence-corrected chi connectivity index (χ2v) is 3.74. The number of amides is 1. The van der Waals surface area contributed by atoms with Crippen LogP contribution in [-0.2, 0) is 4.79 Å². The molecule has 0 aliphatic carbocycles. The molecule has 0 radical (unpaired) electrons. The van der Waals surface area contributed by atoms with Gasteiger partial charge in [0.25, 0.3) is 0 Å². The summed E-state index contributed by atoms with van der Waals surface area (Å²) < 4.78 is 0. The highest BCUT2D eigenvalue weighted by Crippen LogP contribution is 2.04. The molecule has 0 fully saturated rings. The molecule has 2 N–H and O–H groups in total. The molecule has 4 heteroatoms. The Morgan fingerprint density at radius 3 is 2.41 bits per heavy atom. The maximum atomic E-state index is 11.7. The van der Waals surface area contributed by atoms with Gasteiger partial charge >= 0.3 is 0 Å². The van der Waals surface area contributed by atoms with E-state index < -0.39 is 0 Å². The Morgan fingerprint density at radius 1 is 1.06 bits per heavy atom. The molecule has 0 aliphatic rings. The van der Waals surface area contributed by atoms with Gasteiger partial charge in [-0.1, -0.05) is 30.3 Å². The topological polar surface area (TPSA) is 58.2 Å². The fourth-order valence-corrected chi connectivity index (χ4v) is 1.41. The van der Waals surface area contributed by atoms with Crippen molar-refractivity contribution in [2.45, 2.75) is 12.8 Å². The summed E-state index contributed by atoms with van der Waals surface area (Å²) in [5, 5.41) is 5.67. The fraction of sp³-hybridized carbons (Fsp3) is 0.385. The van der Waals surface area contributed by atoms with Gasteiger partial charge in [0.2, 0.25) is 5.91 Å². The summed E-state index contributed by atoms with van der Waals surface area (Å²) in [6.07, 6.45) is 0.507. The average molecular weight is 234 g/mol. The number of likely N-dealkylation sites (N-methyl/N-ethyl adjacent to an activating group) is 1. The molecule has 1 aromatic rings. The van der Waals surface area contributed by atoms with Crippen LogP contribution in [0.25, 0.3) is 0 Å². The zero-order chi connectivity index (χ0) is 12.5. The molecule has 1 amide bonds. The Hall–Kier alpha value is -1.68. The standard InChI is InChI=1S/C13H18N2O2/c1-14-9-10-15-13(17)8-7-12(16)11-5-3-2-4-6-11/h2-6,14H,7-10H2,1H3,(H,15,17). The molecule has 92 valence electrons. The molecule has 0 aliphatic heterocycles. The van der Waals surface area contributed by atoms with Gasteiger partial charge in [0, 0.05) is 31.5 Å². The third-order valence-corrected chi connectivity index (χ3v) is 2.37. The number of carbonyl (C=O) groups excluding carboxylic acids is 2. The first kappa shape index (κ1) is 13.4. The van der Waals surface area contributed by atoms with Crippen molar-refractivity contribution in [3.8, 4) is 0 Å².